The number of rotatable bonds is 7. The van der Waals surface area contributed by atoms with Crippen molar-refractivity contribution in [2.75, 3.05) is 0 Å². The third-order valence-corrected chi connectivity index (χ3v) is 8.78. The van der Waals surface area contributed by atoms with E-state index in [0.717, 1.165) is 18.8 Å². The molecule has 0 aromatic rings. The maximum absolute atomic E-state index is 10.2. The van der Waals surface area contributed by atoms with Crippen LogP contribution >= 0.6 is 0 Å². The number of fused-ring (bicyclic) bond motifs is 1. The molecule has 3 saturated carbocycles. The van der Waals surface area contributed by atoms with Gasteiger partial charge in [-0.2, -0.15) is 0 Å². The van der Waals surface area contributed by atoms with Gasteiger partial charge in [0.05, 0.1) is 17.8 Å². The Bertz CT molecular complexity index is 713. The largest absolute Gasteiger partial charge is 0.393 e. The van der Waals surface area contributed by atoms with E-state index in [0.29, 0.717) is 36.5 Å². The number of allylic oxidation sites excluding steroid dienone is 5. The lowest BCUT2D eigenvalue weighted by molar-refractivity contribution is 0.0590. The lowest BCUT2D eigenvalue weighted by Crippen LogP contribution is -2.36. The Balaban J connectivity index is 1.79. The van der Waals surface area contributed by atoms with Gasteiger partial charge in [0.15, 0.2) is 0 Å². The van der Waals surface area contributed by atoms with Crippen molar-refractivity contribution < 1.29 is 15.3 Å². The van der Waals surface area contributed by atoms with Gasteiger partial charge in [-0.25, -0.2) is 0 Å². The molecule has 3 nitrogen and oxygen atoms in total. The van der Waals surface area contributed by atoms with Crippen LogP contribution in [0.4, 0.5) is 0 Å². The van der Waals surface area contributed by atoms with E-state index < -0.39 is 17.8 Å². The molecular formula is C29H48O3. The second-order valence-corrected chi connectivity index (χ2v) is 12.0. The van der Waals surface area contributed by atoms with Crippen molar-refractivity contribution in [3.8, 4) is 0 Å². The van der Waals surface area contributed by atoms with Gasteiger partial charge >= 0.3 is 0 Å². The summed E-state index contributed by atoms with van der Waals surface area (Å²) in [6.45, 7) is 10.9. The van der Waals surface area contributed by atoms with Crippen LogP contribution in [0.5, 0.6) is 0 Å². The van der Waals surface area contributed by atoms with E-state index in [4.69, 9.17) is 0 Å². The summed E-state index contributed by atoms with van der Waals surface area (Å²) in [6.07, 6.45) is 17.3. The molecule has 6 atom stereocenters. The molecule has 3 rings (SSSR count). The first kappa shape index (κ1) is 25.7. The molecule has 0 radical (unpaired) electrons. The fraction of sp³-hybridized carbons (Fsp3) is 0.793. The fourth-order valence-corrected chi connectivity index (χ4v) is 7.26. The van der Waals surface area contributed by atoms with Gasteiger partial charge in [-0.05, 0) is 107 Å². The Hall–Kier alpha value is -0.900. The van der Waals surface area contributed by atoms with Crippen LogP contribution in [0.2, 0.25) is 0 Å². The molecule has 0 aromatic heterocycles. The molecule has 182 valence electrons. The van der Waals surface area contributed by atoms with Gasteiger partial charge in [-0.3, -0.25) is 0 Å². The Kier molecular flexibility index (Phi) is 8.50. The summed E-state index contributed by atoms with van der Waals surface area (Å²) in [7, 11) is 0. The topological polar surface area (TPSA) is 60.7 Å². The molecule has 0 aliphatic heterocycles. The lowest BCUT2D eigenvalue weighted by Gasteiger charge is -2.44. The minimum absolute atomic E-state index is 0.371. The van der Waals surface area contributed by atoms with Crippen LogP contribution in [0, 0.1) is 23.2 Å². The highest BCUT2D eigenvalue weighted by atomic mass is 16.3. The quantitative estimate of drug-likeness (QED) is 0.421. The van der Waals surface area contributed by atoms with Gasteiger partial charge in [0.1, 0.15) is 0 Å². The predicted molar refractivity (Wildman–Crippen MR) is 133 cm³/mol. The minimum atomic E-state index is -0.556. The van der Waals surface area contributed by atoms with Crippen molar-refractivity contribution in [3.63, 3.8) is 0 Å². The zero-order chi connectivity index (χ0) is 23.5. The molecule has 3 fully saturated rings. The molecule has 3 aliphatic carbocycles. The van der Waals surface area contributed by atoms with Crippen LogP contribution in [0.25, 0.3) is 0 Å². The first-order valence-corrected chi connectivity index (χ1v) is 13.2. The smallest absolute Gasteiger partial charge is 0.0602 e. The van der Waals surface area contributed by atoms with Gasteiger partial charge in [-0.15, -0.1) is 0 Å². The molecule has 3 aliphatic rings. The van der Waals surface area contributed by atoms with Crippen molar-refractivity contribution >= 4 is 0 Å². The molecule has 0 spiro atoms. The van der Waals surface area contributed by atoms with E-state index in [1.807, 2.05) is 13.8 Å². The predicted octanol–water partition coefficient (Wildman–Crippen LogP) is 6.48. The Morgan fingerprint density at radius 3 is 2.50 bits per heavy atom. The van der Waals surface area contributed by atoms with Crippen molar-refractivity contribution in [3.05, 3.63) is 34.9 Å². The van der Waals surface area contributed by atoms with E-state index in [-0.39, 0.29) is 0 Å². The summed E-state index contributed by atoms with van der Waals surface area (Å²) in [6, 6.07) is 0. The van der Waals surface area contributed by atoms with Gasteiger partial charge < -0.3 is 15.3 Å². The summed E-state index contributed by atoms with van der Waals surface area (Å²) in [5, 5.41) is 30.5. The minimum Gasteiger partial charge on any atom is -0.393 e. The van der Waals surface area contributed by atoms with Gasteiger partial charge in [0.25, 0.3) is 0 Å². The Morgan fingerprint density at radius 1 is 1.19 bits per heavy atom. The molecule has 3 N–H and O–H groups in total. The van der Waals surface area contributed by atoms with Crippen LogP contribution in [0.3, 0.4) is 0 Å². The number of aliphatic hydroxyl groups is 3. The number of aliphatic hydroxyl groups excluding tert-OH is 2. The van der Waals surface area contributed by atoms with Gasteiger partial charge in [0.2, 0.25) is 0 Å². The van der Waals surface area contributed by atoms with E-state index in [1.165, 1.54) is 49.7 Å². The van der Waals surface area contributed by atoms with Crippen LogP contribution in [0.15, 0.2) is 34.9 Å². The Morgan fingerprint density at radius 2 is 1.88 bits per heavy atom. The number of hydrogen-bond acceptors (Lipinski definition) is 3. The summed E-state index contributed by atoms with van der Waals surface area (Å²) in [4.78, 5) is 0. The molecule has 0 heterocycles. The highest BCUT2D eigenvalue weighted by Crippen LogP contribution is 2.60. The first-order valence-electron chi connectivity index (χ1n) is 13.2. The SMILES string of the molecule is C/C=C/C(/C=C1\CCC[C@]2(C)[C@@H]([C@H](C)CCCC(C)(C)O)CC[C@@H]12)=C1C[C@@H](O)C[C@H](O)C1. The van der Waals surface area contributed by atoms with Crippen LogP contribution in [-0.2, 0) is 0 Å². The van der Waals surface area contributed by atoms with Gasteiger partial charge in [-0.1, -0.05) is 56.1 Å². The maximum atomic E-state index is 10.2. The summed E-state index contributed by atoms with van der Waals surface area (Å²) in [5.41, 5.74) is 3.85. The summed E-state index contributed by atoms with van der Waals surface area (Å²) >= 11 is 0. The third-order valence-electron chi connectivity index (χ3n) is 8.78. The molecule has 3 heteroatoms. The summed E-state index contributed by atoms with van der Waals surface area (Å²) in [5.74, 6) is 2.11. The second kappa shape index (κ2) is 10.6. The molecule has 0 bridgehead atoms. The average molecular weight is 445 g/mol. The maximum Gasteiger partial charge on any atom is 0.0602 e. The van der Waals surface area contributed by atoms with Crippen LogP contribution < -0.4 is 0 Å². The first-order chi connectivity index (χ1) is 15.0. The van der Waals surface area contributed by atoms with Crippen molar-refractivity contribution in [2.45, 2.75) is 123 Å². The molecule has 0 aromatic carbocycles. The lowest BCUT2D eigenvalue weighted by atomic mass is 9.60. The van der Waals surface area contributed by atoms with E-state index in [1.54, 1.807) is 5.57 Å². The van der Waals surface area contributed by atoms with Crippen molar-refractivity contribution in [2.24, 2.45) is 23.2 Å². The van der Waals surface area contributed by atoms with E-state index >= 15 is 0 Å². The molecule has 0 amide bonds. The van der Waals surface area contributed by atoms with Gasteiger partial charge in [0, 0.05) is 0 Å². The monoisotopic (exact) mass is 444 g/mol. The average Bonchev–Trinajstić information content (AvgIpc) is 3.03. The normalized spacial score (nSPS) is 36.0. The second-order valence-electron chi connectivity index (χ2n) is 12.0. The number of hydrogen-bond donors (Lipinski definition) is 3. The van der Waals surface area contributed by atoms with Crippen LogP contribution in [0.1, 0.15) is 105 Å². The van der Waals surface area contributed by atoms with Crippen LogP contribution in [-0.4, -0.2) is 33.1 Å². The zero-order valence-corrected chi connectivity index (χ0v) is 21.2. The van der Waals surface area contributed by atoms with E-state index in [9.17, 15) is 15.3 Å². The highest BCUT2D eigenvalue weighted by Gasteiger charge is 2.50. The molecule has 0 unspecified atom stereocenters. The Labute approximate surface area is 196 Å². The molecule has 32 heavy (non-hydrogen) atoms. The van der Waals surface area contributed by atoms with Crippen molar-refractivity contribution in [1.29, 1.82) is 0 Å². The van der Waals surface area contributed by atoms with E-state index in [2.05, 4.69) is 39.0 Å². The summed E-state index contributed by atoms with van der Waals surface area (Å²) < 4.78 is 0. The third kappa shape index (κ3) is 6.15. The standard InChI is InChI=1S/C29H48O3/c1-6-9-21(23-17-24(30)19-25(31)18-23)16-22-11-8-15-29(5)26(12-13-27(22)29)20(2)10-7-14-28(3,4)32/h6,9,16,20,24-27,30-32H,7-8,10-15,17-19H2,1-5H3/b9-6+,22-16+/t20-,24-,25-,26-,27+,29-/m1/s1. The molecular weight excluding hydrogens is 396 g/mol. The molecule has 0 saturated heterocycles. The zero-order valence-electron chi connectivity index (χ0n) is 21.2. The fourth-order valence-electron chi connectivity index (χ4n) is 7.26. The highest BCUT2D eigenvalue weighted by molar-refractivity contribution is 5.40. The van der Waals surface area contributed by atoms with Crippen molar-refractivity contribution in [1.82, 2.24) is 0 Å².